The second-order valence-electron chi connectivity index (χ2n) is 8.79. The van der Waals surface area contributed by atoms with Crippen LogP contribution in [0.4, 0.5) is 11.4 Å². The minimum absolute atomic E-state index is 0.219. The fraction of sp³-hybridized carbons (Fsp3) is 0.400. The van der Waals surface area contributed by atoms with Crippen LogP contribution in [0.1, 0.15) is 30.6 Å². The second kappa shape index (κ2) is 9.34. The summed E-state index contributed by atoms with van der Waals surface area (Å²) in [5.74, 6) is 1.04. The molecule has 0 radical (unpaired) electrons. The Morgan fingerprint density at radius 3 is 2.65 bits per heavy atom. The van der Waals surface area contributed by atoms with Gasteiger partial charge in [0.1, 0.15) is 0 Å². The summed E-state index contributed by atoms with van der Waals surface area (Å²) in [6.07, 6.45) is 2.55. The Balaban J connectivity index is 1.49. The number of carbonyl (C=O) groups is 1. The van der Waals surface area contributed by atoms with Crippen molar-refractivity contribution < 1.29 is 19.0 Å². The highest BCUT2D eigenvalue weighted by molar-refractivity contribution is 6.14. The zero-order valence-corrected chi connectivity index (χ0v) is 19.6. The van der Waals surface area contributed by atoms with Crippen LogP contribution < -0.4 is 29.7 Å². The molecule has 3 heterocycles. The van der Waals surface area contributed by atoms with E-state index >= 15 is 0 Å². The normalized spacial score (nSPS) is 20.0. The first-order chi connectivity index (χ1) is 16.5. The summed E-state index contributed by atoms with van der Waals surface area (Å²) < 4.78 is 16.7. The molecule has 3 aromatic rings. The Morgan fingerprint density at radius 1 is 1.12 bits per heavy atom. The maximum absolute atomic E-state index is 13.3. The number of rotatable bonds is 4. The molecule has 2 atom stereocenters. The highest BCUT2D eigenvalue weighted by Crippen LogP contribution is 2.34. The third-order valence-corrected chi connectivity index (χ3v) is 6.04. The van der Waals surface area contributed by atoms with E-state index in [2.05, 4.69) is 39.3 Å². The van der Waals surface area contributed by atoms with Gasteiger partial charge in [0.05, 0.1) is 31.4 Å². The Kier molecular flexibility index (Phi) is 6.10. The van der Waals surface area contributed by atoms with Crippen molar-refractivity contribution in [2.75, 3.05) is 43.6 Å². The van der Waals surface area contributed by atoms with E-state index in [1.165, 1.54) is 7.11 Å². The van der Waals surface area contributed by atoms with Crippen molar-refractivity contribution in [3.63, 3.8) is 0 Å². The molecule has 0 unspecified atom stereocenters. The van der Waals surface area contributed by atoms with Gasteiger partial charge in [0.15, 0.2) is 11.5 Å². The number of nitrogens with one attached hydrogen (secondary N) is 2. The van der Waals surface area contributed by atoms with Gasteiger partial charge < -0.3 is 29.7 Å². The molecule has 1 aromatic heterocycles. The van der Waals surface area contributed by atoms with Crippen LogP contribution in [0.15, 0.2) is 36.5 Å². The summed E-state index contributed by atoms with van der Waals surface area (Å²) >= 11 is 0. The molecular formula is C25H29N5O4. The number of methoxy groups -OCH3 is 1. The van der Waals surface area contributed by atoms with E-state index < -0.39 is 0 Å². The van der Waals surface area contributed by atoms with E-state index in [4.69, 9.17) is 14.2 Å². The Morgan fingerprint density at radius 2 is 1.88 bits per heavy atom. The molecule has 1 amide bonds. The lowest BCUT2D eigenvalue weighted by Crippen LogP contribution is -2.54. The highest BCUT2D eigenvalue weighted by Gasteiger charge is 2.25. The van der Waals surface area contributed by atoms with Crippen molar-refractivity contribution in [3.05, 3.63) is 42.1 Å². The van der Waals surface area contributed by atoms with E-state index in [0.29, 0.717) is 53.6 Å². The fourth-order valence-electron chi connectivity index (χ4n) is 4.61. The van der Waals surface area contributed by atoms with Gasteiger partial charge in [-0.15, -0.1) is 0 Å². The predicted molar refractivity (Wildman–Crippen MR) is 130 cm³/mol. The maximum Gasteiger partial charge on any atom is 0.316 e. The number of fused-ring (bicyclic) bond motifs is 2. The number of ether oxygens (including phenoxy) is 3. The number of piperazine rings is 1. The number of hydrogen-bond donors (Lipinski definition) is 2. The molecule has 9 heteroatoms. The molecule has 2 aliphatic heterocycles. The molecule has 0 aliphatic carbocycles. The summed E-state index contributed by atoms with van der Waals surface area (Å²) in [5, 5.41) is 7.34. The highest BCUT2D eigenvalue weighted by atomic mass is 16.5. The molecule has 2 aromatic carbocycles. The lowest BCUT2D eigenvalue weighted by molar-refractivity contribution is 0.102. The first-order valence-electron chi connectivity index (χ1n) is 11.6. The number of hydrogen-bond acceptors (Lipinski definition) is 8. The van der Waals surface area contributed by atoms with Gasteiger partial charge >= 0.3 is 6.01 Å². The van der Waals surface area contributed by atoms with E-state index in [1.54, 1.807) is 18.3 Å². The number of benzene rings is 2. The molecule has 178 valence electrons. The van der Waals surface area contributed by atoms with Crippen LogP contribution in [0.3, 0.4) is 0 Å². The molecule has 0 bridgehead atoms. The van der Waals surface area contributed by atoms with Gasteiger partial charge in [-0.3, -0.25) is 4.79 Å². The molecular weight excluding hydrogens is 434 g/mol. The quantitative estimate of drug-likeness (QED) is 0.609. The van der Waals surface area contributed by atoms with Gasteiger partial charge in [0.25, 0.3) is 5.91 Å². The van der Waals surface area contributed by atoms with Gasteiger partial charge in [-0.05, 0) is 38.1 Å². The topological polar surface area (TPSA) is 97.8 Å². The van der Waals surface area contributed by atoms with E-state index in [9.17, 15) is 4.79 Å². The average molecular weight is 464 g/mol. The van der Waals surface area contributed by atoms with Crippen molar-refractivity contribution in [2.24, 2.45) is 0 Å². The maximum atomic E-state index is 13.3. The number of carbonyl (C=O) groups excluding carboxylic acids is 1. The van der Waals surface area contributed by atoms with Crippen molar-refractivity contribution in [2.45, 2.75) is 32.4 Å². The van der Waals surface area contributed by atoms with Gasteiger partial charge in [0.2, 0.25) is 0 Å². The summed E-state index contributed by atoms with van der Waals surface area (Å²) in [6, 6.07) is 10.1. The largest absolute Gasteiger partial charge is 0.490 e. The Labute approximate surface area is 198 Å². The third-order valence-electron chi connectivity index (χ3n) is 6.04. The Hall–Kier alpha value is -3.59. The second-order valence-corrected chi connectivity index (χ2v) is 8.79. The SMILES string of the molecule is COc1ncc2c(N3C[C@@H](C)N[C@@H](C)C3)ccc(C(=O)Nc3ccc4c(c3)OCCCO4)c2n1. The van der Waals surface area contributed by atoms with E-state index in [-0.39, 0.29) is 11.9 Å². The number of anilines is 2. The van der Waals surface area contributed by atoms with E-state index in [1.807, 2.05) is 18.2 Å². The monoisotopic (exact) mass is 463 g/mol. The molecule has 34 heavy (non-hydrogen) atoms. The lowest BCUT2D eigenvalue weighted by Gasteiger charge is -2.38. The van der Waals surface area contributed by atoms with Gasteiger partial charge in [-0.1, -0.05) is 0 Å². The van der Waals surface area contributed by atoms with Gasteiger partial charge in [-0.2, -0.15) is 4.98 Å². The molecule has 1 saturated heterocycles. The van der Waals surface area contributed by atoms with Crippen LogP contribution in [0.5, 0.6) is 17.5 Å². The van der Waals surface area contributed by atoms with Crippen LogP contribution >= 0.6 is 0 Å². The van der Waals surface area contributed by atoms with Crippen LogP contribution in [0, 0.1) is 0 Å². The van der Waals surface area contributed by atoms with Gasteiger partial charge in [-0.25, -0.2) is 4.98 Å². The van der Waals surface area contributed by atoms with Crippen molar-refractivity contribution in [1.82, 2.24) is 15.3 Å². The molecule has 0 spiro atoms. The smallest absolute Gasteiger partial charge is 0.316 e. The summed E-state index contributed by atoms with van der Waals surface area (Å²) in [7, 11) is 1.52. The van der Waals surface area contributed by atoms with Crippen LogP contribution in [-0.4, -0.2) is 61.4 Å². The van der Waals surface area contributed by atoms with Crippen LogP contribution in [0.2, 0.25) is 0 Å². The van der Waals surface area contributed by atoms with E-state index in [0.717, 1.165) is 30.6 Å². The molecule has 1 fully saturated rings. The standard InChI is InChI=1S/C25H29N5O4/c1-15-13-30(14-16(2)27-15)20-7-6-18(23-19(20)12-26-25(29-23)32-3)24(31)28-17-5-8-21-22(11-17)34-10-4-9-33-21/h5-8,11-12,15-16,27H,4,9-10,13-14H2,1-3H3,(H,28,31)/t15-,16+. The minimum Gasteiger partial charge on any atom is -0.490 e. The summed E-state index contributed by atoms with van der Waals surface area (Å²) in [5.41, 5.74) is 2.63. The molecule has 2 aliphatic rings. The molecule has 9 nitrogen and oxygen atoms in total. The third kappa shape index (κ3) is 4.43. The molecule has 0 saturated carbocycles. The van der Waals surface area contributed by atoms with Crippen molar-refractivity contribution in [1.29, 1.82) is 0 Å². The van der Waals surface area contributed by atoms with Crippen LogP contribution in [-0.2, 0) is 0 Å². The zero-order valence-electron chi connectivity index (χ0n) is 19.6. The fourth-order valence-corrected chi connectivity index (χ4v) is 4.61. The van der Waals surface area contributed by atoms with Crippen LogP contribution in [0.25, 0.3) is 10.9 Å². The first kappa shape index (κ1) is 22.2. The number of nitrogens with zero attached hydrogens (tertiary/aromatic N) is 3. The Bertz CT molecular complexity index is 1210. The summed E-state index contributed by atoms with van der Waals surface area (Å²) in [6.45, 7) is 7.24. The van der Waals surface area contributed by atoms with Crippen molar-refractivity contribution >= 4 is 28.2 Å². The predicted octanol–water partition coefficient (Wildman–Crippen LogP) is 3.24. The number of aromatic nitrogens is 2. The zero-order chi connectivity index (χ0) is 23.7. The molecule has 5 rings (SSSR count). The lowest BCUT2D eigenvalue weighted by atomic mass is 10.0. The average Bonchev–Trinajstić information content (AvgIpc) is 3.07. The van der Waals surface area contributed by atoms with Crippen molar-refractivity contribution in [3.8, 4) is 17.5 Å². The first-order valence-corrected chi connectivity index (χ1v) is 11.6. The molecule has 2 N–H and O–H groups in total. The van der Waals surface area contributed by atoms with Gasteiger partial charge in [0, 0.05) is 60.6 Å². The summed E-state index contributed by atoms with van der Waals surface area (Å²) in [4.78, 5) is 24.5. The minimum atomic E-state index is -0.270. The number of amides is 1.